The van der Waals surface area contributed by atoms with Crippen LogP contribution in [0.5, 0.6) is 0 Å². The quantitative estimate of drug-likeness (QED) is 0.867. The highest BCUT2D eigenvalue weighted by Gasteiger charge is 2.36. The molecule has 1 aromatic rings. The Bertz CT molecular complexity index is 503. The first-order chi connectivity index (χ1) is 9.95. The van der Waals surface area contributed by atoms with Gasteiger partial charge >= 0.3 is 0 Å². The predicted octanol–water partition coefficient (Wildman–Crippen LogP) is 1.67. The first-order valence-electron chi connectivity index (χ1n) is 7.71. The van der Waals surface area contributed by atoms with Crippen molar-refractivity contribution in [3.63, 3.8) is 0 Å². The Kier molecular flexibility index (Phi) is 5.01. The van der Waals surface area contributed by atoms with Crippen LogP contribution in [0.1, 0.15) is 31.4 Å². The molecule has 1 aliphatic heterocycles. The molecule has 116 valence electrons. The summed E-state index contributed by atoms with van der Waals surface area (Å²) in [6.07, 6.45) is 1.07. The topological polar surface area (TPSA) is 58.4 Å². The molecule has 1 heterocycles. The van der Waals surface area contributed by atoms with Gasteiger partial charge in [-0.3, -0.25) is 9.69 Å². The summed E-state index contributed by atoms with van der Waals surface area (Å²) in [6.45, 7) is 9.38. The van der Waals surface area contributed by atoms with Crippen LogP contribution in [-0.2, 0) is 11.3 Å². The molecule has 0 aliphatic carbocycles. The Labute approximate surface area is 127 Å². The van der Waals surface area contributed by atoms with Crippen molar-refractivity contribution in [1.29, 1.82) is 0 Å². The molecule has 21 heavy (non-hydrogen) atoms. The second kappa shape index (κ2) is 6.58. The van der Waals surface area contributed by atoms with Crippen LogP contribution in [0.3, 0.4) is 0 Å². The van der Waals surface area contributed by atoms with Crippen LogP contribution >= 0.6 is 0 Å². The lowest BCUT2D eigenvalue weighted by Crippen LogP contribution is -2.45. The number of likely N-dealkylation sites (tertiary alicyclic amines) is 1. The van der Waals surface area contributed by atoms with Gasteiger partial charge in [-0.2, -0.15) is 0 Å². The van der Waals surface area contributed by atoms with Crippen molar-refractivity contribution in [3.8, 4) is 0 Å². The fourth-order valence-electron chi connectivity index (χ4n) is 2.86. The van der Waals surface area contributed by atoms with E-state index in [0.717, 1.165) is 19.5 Å². The van der Waals surface area contributed by atoms with E-state index in [1.54, 1.807) is 0 Å². The average Bonchev–Trinajstić information content (AvgIpc) is 2.88. The van der Waals surface area contributed by atoms with Crippen LogP contribution in [0.15, 0.2) is 24.3 Å². The number of hydrogen-bond donors (Lipinski definition) is 2. The number of rotatable bonds is 5. The lowest BCUT2D eigenvalue weighted by atomic mass is 9.90. The van der Waals surface area contributed by atoms with Gasteiger partial charge < -0.3 is 11.1 Å². The molecule has 3 N–H and O–H groups in total. The fraction of sp³-hybridized carbons (Fsp3) is 0.588. The van der Waals surface area contributed by atoms with Crippen molar-refractivity contribution in [3.05, 3.63) is 35.4 Å². The zero-order valence-electron chi connectivity index (χ0n) is 13.4. The minimum atomic E-state index is -0.0950. The third kappa shape index (κ3) is 3.83. The third-order valence-corrected chi connectivity index (χ3v) is 4.72. The molecule has 4 heteroatoms. The van der Waals surface area contributed by atoms with Crippen LogP contribution in [0.4, 0.5) is 0 Å². The summed E-state index contributed by atoms with van der Waals surface area (Å²) in [6, 6.07) is 8.05. The molecule has 2 atom stereocenters. The van der Waals surface area contributed by atoms with E-state index in [4.69, 9.17) is 5.73 Å². The molecule has 1 fully saturated rings. The van der Waals surface area contributed by atoms with E-state index in [1.165, 1.54) is 11.1 Å². The molecule has 1 amide bonds. The van der Waals surface area contributed by atoms with Crippen LogP contribution < -0.4 is 11.1 Å². The van der Waals surface area contributed by atoms with Gasteiger partial charge in [0.25, 0.3) is 0 Å². The highest BCUT2D eigenvalue weighted by atomic mass is 16.2. The van der Waals surface area contributed by atoms with Crippen molar-refractivity contribution in [2.45, 2.75) is 39.8 Å². The first-order valence-corrected chi connectivity index (χ1v) is 7.71. The van der Waals surface area contributed by atoms with E-state index >= 15 is 0 Å². The largest absolute Gasteiger partial charge is 0.351 e. The maximum Gasteiger partial charge on any atom is 0.237 e. The molecular formula is C17H27N3O. The summed E-state index contributed by atoms with van der Waals surface area (Å²) in [5, 5.41) is 3.05. The summed E-state index contributed by atoms with van der Waals surface area (Å²) in [7, 11) is 0. The number of hydrogen-bond acceptors (Lipinski definition) is 3. The van der Waals surface area contributed by atoms with Crippen LogP contribution in [0.2, 0.25) is 0 Å². The van der Waals surface area contributed by atoms with Gasteiger partial charge in [0.05, 0.1) is 6.04 Å². The summed E-state index contributed by atoms with van der Waals surface area (Å²) >= 11 is 0. The number of carbonyl (C=O) groups is 1. The van der Waals surface area contributed by atoms with Crippen LogP contribution in [-0.4, -0.2) is 36.5 Å². The number of nitrogens with zero attached hydrogens (tertiary/aromatic N) is 1. The number of nitrogens with one attached hydrogen (secondary N) is 1. The predicted molar refractivity (Wildman–Crippen MR) is 85.8 cm³/mol. The Hall–Kier alpha value is -1.39. The van der Waals surface area contributed by atoms with Crippen molar-refractivity contribution >= 4 is 5.91 Å². The normalized spacial score (nSPS) is 24.0. The van der Waals surface area contributed by atoms with E-state index in [0.29, 0.717) is 13.1 Å². The second-order valence-electron chi connectivity index (χ2n) is 6.56. The summed E-state index contributed by atoms with van der Waals surface area (Å²) < 4.78 is 0. The number of carbonyl (C=O) groups excluding carboxylic acids is 1. The summed E-state index contributed by atoms with van der Waals surface area (Å²) in [4.78, 5) is 14.6. The number of benzene rings is 1. The zero-order valence-corrected chi connectivity index (χ0v) is 13.4. The van der Waals surface area contributed by atoms with E-state index in [9.17, 15) is 4.79 Å². The van der Waals surface area contributed by atoms with Crippen molar-refractivity contribution < 1.29 is 4.79 Å². The first kappa shape index (κ1) is 16.0. The van der Waals surface area contributed by atoms with Gasteiger partial charge in [-0.05, 0) is 49.9 Å². The molecule has 1 aliphatic rings. The lowest BCUT2D eigenvalue weighted by molar-refractivity contribution is -0.125. The SMILES string of the molecule is Cc1ccccc1CNC(=O)C(C)N1CCC(C)(CN)C1. The van der Waals surface area contributed by atoms with Gasteiger partial charge in [0.15, 0.2) is 0 Å². The molecule has 0 radical (unpaired) electrons. The minimum absolute atomic E-state index is 0.0950. The molecule has 1 saturated heterocycles. The molecule has 0 saturated carbocycles. The molecule has 0 aromatic heterocycles. The number of amides is 1. The Morgan fingerprint density at radius 3 is 2.81 bits per heavy atom. The highest BCUT2D eigenvalue weighted by Crippen LogP contribution is 2.29. The van der Waals surface area contributed by atoms with E-state index < -0.39 is 0 Å². The minimum Gasteiger partial charge on any atom is -0.351 e. The monoisotopic (exact) mass is 289 g/mol. The fourth-order valence-corrected chi connectivity index (χ4v) is 2.86. The Morgan fingerprint density at radius 1 is 1.48 bits per heavy atom. The summed E-state index contributed by atoms with van der Waals surface area (Å²) in [5.41, 5.74) is 8.37. The maximum absolute atomic E-state index is 12.3. The van der Waals surface area contributed by atoms with Gasteiger partial charge in [0.1, 0.15) is 0 Å². The molecule has 4 nitrogen and oxygen atoms in total. The van der Waals surface area contributed by atoms with E-state index in [2.05, 4.69) is 36.2 Å². The molecule has 0 bridgehead atoms. The maximum atomic E-state index is 12.3. The molecule has 2 unspecified atom stereocenters. The van der Waals surface area contributed by atoms with E-state index in [-0.39, 0.29) is 17.4 Å². The van der Waals surface area contributed by atoms with Gasteiger partial charge in [-0.1, -0.05) is 31.2 Å². The Balaban J connectivity index is 1.88. The van der Waals surface area contributed by atoms with Crippen LogP contribution in [0.25, 0.3) is 0 Å². The standard InChI is InChI=1S/C17H27N3O/c1-13-6-4-5-7-15(13)10-19-16(21)14(2)20-9-8-17(3,11-18)12-20/h4-7,14H,8-12,18H2,1-3H3,(H,19,21). The third-order valence-electron chi connectivity index (χ3n) is 4.72. The van der Waals surface area contributed by atoms with Gasteiger partial charge in [-0.25, -0.2) is 0 Å². The van der Waals surface area contributed by atoms with Crippen molar-refractivity contribution in [2.24, 2.45) is 11.1 Å². The smallest absolute Gasteiger partial charge is 0.237 e. The second-order valence-corrected chi connectivity index (χ2v) is 6.56. The lowest BCUT2D eigenvalue weighted by Gasteiger charge is -2.26. The molecule has 2 rings (SSSR count). The molecule has 0 spiro atoms. The zero-order chi connectivity index (χ0) is 15.5. The Morgan fingerprint density at radius 2 is 2.19 bits per heavy atom. The molecular weight excluding hydrogens is 262 g/mol. The van der Waals surface area contributed by atoms with Gasteiger partial charge in [-0.15, -0.1) is 0 Å². The van der Waals surface area contributed by atoms with Gasteiger partial charge in [0, 0.05) is 13.1 Å². The summed E-state index contributed by atoms with van der Waals surface area (Å²) in [5.74, 6) is 0.0968. The van der Waals surface area contributed by atoms with Crippen LogP contribution in [0, 0.1) is 12.3 Å². The number of aryl methyl sites for hydroxylation is 1. The molecule has 1 aromatic carbocycles. The highest BCUT2D eigenvalue weighted by molar-refractivity contribution is 5.81. The van der Waals surface area contributed by atoms with Crippen molar-refractivity contribution in [1.82, 2.24) is 10.2 Å². The van der Waals surface area contributed by atoms with Crippen molar-refractivity contribution in [2.75, 3.05) is 19.6 Å². The average molecular weight is 289 g/mol. The van der Waals surface area contributed by atoms with Gasteiger partial charge in [0.2, 0.25) is 5.91 Å². The van der Waals surface area contributed by atoms with E-state index in [1.807, 2.05) is 19.1 Å². The number of nitrogens with two attached hydrogens (primary N) is 1.